The van der Waals surface area contributed by atoms with Gasteiger partial charge in [0.05, 0.1) is 50.0 Å². The molecule has 0 N–H and O–H groups in total. The highest BCUT2D eigenvalue weighted by atomic mass is 19.4. The summed E-state index contributed by atoms with van der Waals surface area (Å²) in [7, 11) is 3.23. The van der Waals surface area contributed by atoms with Crippen LogP contribution in [0.3, 0.4) is 0 Å². The molecule has 4 rings (SSSR count). The Hall–Kier alpha value is -4.58. The third-order valence-corrected chi connectivity index (χ3v) is 7.77. The molecule has 0 aliphatic rings. The summed E-state index contributed by atoms with van der Waals surface area (Å²) >= 11 is 0. The maximum Gasteiger partial charge on any atom is 0.864 e. The van der Waals surface area contributed by atoms with Gasteiger partial charge in [-0.3, -0.25) is 4.48 Å². The molecule has 0 aliphatic heterocycles. The molecule has 0 amide bonds. The first kappa shape index (κ1) is 43.8. The highest BCUT2D eigenvalue weighted by Crippen LogP contribution is 2.44. The molecular weight excluding hydrogens is 749 g/mol. The molecule has 0 bridgehead atoms. The van der Waals surface area contributed by atoms with E-state index in [0.717, 1.165) is 78.9 Å². The first-order chi connectivity index (χ1) is 24.8. The number of hydrogen-bond acceptors (Lipinski definition) is 4. The molecule has 1 atom stereocenters. The van der Waals surface area contributed by atoms with E-state index in [1.54, 1.807) is 35.0 Å². The van der Waals surface area contributed by atoms with Gasteiger partial charge in [0.15, 0.2) is 0 Å². The van der Waals surface area contributed by atoms with Crippen LogP contribution in [-0.4, -0.2) is 39.6 Å². The molecule has 4 aromatic carbocycles. The van der Waals surface area contributed by atoms with E-state index in [0.29, 0.717) is 0 Å². The fraction of sp³-hybridized carbons (Fsp3) is 0.333. The summed E-state index contributed by atoms with van der Waals surface area (Å²) in [6.07, 6.45) is -18.1. The maximum atomic E-state index is 13.8. The van der Waals surface area contributed by atoms with Gasteiger partial charge in [-0.1, -0.05) is 12.5 Å². The van der Waals surface area contributed by atoms with Gasteiger partial charge in [-0.15, -0.1) is 0 Å². The van der Waals surface area contributed by atoms with Crippen molar-refractivity contribution in [1.82, 2.24) is 0 Å². The Kier molecular flexibility index (Phi) is 13.7. The summed E-state index contributed by atoms with van der Waals surface area (Å²) in [4.78, 5) is 0. The lowest BCUT2D eigenvalue weighted by atomic mass is 9.93. The summed E-state index contributed by atoms with van der Waals surface area (Å²) in [5, 5.41) is 0. The Bertz CT molecular complexity index is 1710. The fourth-order valence-corrected chi connectivity index (χ4v) is 5.17. The monoisotopic (exact) mass is 783 g/mol. The first-order valence-corrected chi connectivity index (χ1v) is 15.9. The summed E-state index contributed by atoms with van der Waals surface area (Å²) in [5.41, 5.74) is -5.05. The molecule has 4 aromatic rings. The van der Waals surface area contributed by atoms with Crippen molar-refractivity contribution in [1.29, 1.82) is 0 Å². The van der Waals surface area contributed by atoms with Gasteiger partial charge in [0.25, 0.3) is 0 Å². The Morgan fingerprint density at radius 1 is 0.537 bits per heavy atom. The van der Waals surface area contributed by atoms with Crippen LogP contribution in [-0.2, 0) is 35.2 Å². The number of alkyl halides is 12. The molecule has 54 heavy (non-hydrogen) atoms. The minimum absolute atomic E-state index is 0.0147. The molecule has 0 aromatic heterocycles. The van der Waals surface area contributed by atoms with Crippen molar-refractivity contribution in [2.45, 2.75) is 50.7 Å². The van der Waals surface area contributed by atoms with Gasteiger partial charge in [-0.25, -0.2) is 0 Å². The number of quaternary nitrogens is 1. The van der Waals surface area contributed by atoms with Crippen molar-refractivity contribution in [2.75, 3.05) is 27.7 Å². The Balaban J connectivity index is 0.000000676. The normalized spacial score (nSPS) is 13.6. The van der Waals surface area contributed by atoms with E-state index in [4.69, 9.17) is 18.7 Å². The standard InChI is InChI=1S/C29H30BF9NO4.C7H4F3/c1-6-26(41-7-2,40(3,4)5)24-18-21(29(37,38)39)12-17-25(24)44-30(42-22-13-8-19(9-14-22)27(31,32)33)43-23-15-10-20(11-16-23)28(34,35)36;8-7(9,10)6-4-2-1-3-5-6/h8-18H,6-7H2,1-5H3;2-5H/q+1;-1. The van der Waals surface area contributed by atoms with Crippen molar-refractivity contribution < 1.29 is 75.9 Å². The molecular formula is C36H34BF12NO4. The average molecular weight is 783 g/mol. The highest BCUT2D eigenvalue weighted by Gasteiger charge is 2.49. The molecule has 0 saturated carbocycles. The zero-order chi connectivity index (χ0) is 40.8. The lowest BCUT2D eigenvalue weighted by Gasteiger charge is -2.45. The second-order valence-corrected chi connectivity index (χ2v) is 12.3. The van der Waals surface area contributed by atoms with E-state index in [-0.39, 0.29) is 40.3 Å². The van der Waals surface area contributed by atoms with Crippen LogP contribution < -0.4 is 14.0 Å². The van der Waals surface area contributed by atoms with Crippen molar-refractivity contribution in [3.63, 3.8) is 0 Å². The van der Waals surface area contributed by atoms with Crippen LogP contribution in [0.25, 0.3) is 0 Å². The molecule has 0 spiro atoms. The van der Waals surface area contributed by atoms with Gasteiger partial charge in [-0.05, 0) is 73.7 Å². The SMILES string of the molecule is CCOC(CC)(c1cc(C(F)(F)F)ccc1OB(Oc1ccc(C(F)(F)F)cc1)Oc1ccc(C(F)(F)F)cc1)[N+](C)(C)C.FC(F)(F)c1cc[c-]cc1. The predicted octanol–water partition coefficient (Wildman–Crippen LogP) is 11.1. The first-order valence-electron chi connectivity index (χ1n) is 15.9. The van der Waals surface area contributed by atoms with Crippen molar-refractivity contribution in [3.8, 4) is 17.2 Å². The third kappa shape index (κ3) is 11.5. The van der Waals surface area contributed by atoms with Crippen molar-refractivity contribution >= 4 is 7.32 Å². The molecule has 1 unspecified atom stereocenters. The van der Waals surface area contributed by atoms with Crippen LogP contribution in [0.4, 0.5) is 52.7 Å². The number of ether oxygens (including phenoxy) is 1. The van der Waals surface area contributed by atoms with Crippen LogP contribution in [0, 0.1) is 6.07 Å². The molecule has 5 nitrogen and oxygen atoms in total. The van der Waals surface area contributed by atoms with Crippen LogP contribution in [0.5, 0.6) is 17.2 Å². The lowest BCUT2D eigenvalue weighted by molar-refractivity contribution is -0.961. The quantitative estimate of drug-likeness (QED) is 0.0499. The molecule has 0 aliphatic carbocycles. The van der Waals surface area contributed by atoms with Gasteiger partial charge >= 0.3 is 32.0 Å². The summed E-state index contributed by atoms with van der Waals surface area (Å²) in [5.74, 6) is -0.576. The number of halogens is 12. The van der Waals surface area contributed by atoms with Crippen molar-refractivity contribution in [2.24, 2.45) is 0 Å². The van der Waals surface area contributed by atoms with E-state index in [2.05, 4.69) is 6.07 Å². The maximum absolute atomic E-state index is 13.8. The zero-order valence-electron chi connectivity index (χ0n) is 29.3. The fourth-order valence-electron chi connectivity index (χ4n) is 5.17. The van der Waals surface area contributed by atoms with Gasteiger partial charge in [-0.2, -0.15) is 83.0 Å². The zero-order valence-corrected chi connectivity index (χ0v) is 29.3. The van der Waals surface area contributed by atoms with Crippen LogP contribution in [0.15, 0.2) is 91.0 Å². The largest absolute Gasteiger partial charge is 0.864 e. The van der Waals surface area contributed by atoms with E-state index in [1.165, 1.54) is 12.1 Å². The molecule has 0 saturated heterocycles. The van der Waals surface area contributed by atoms with Crippen LogP contribution in [0.2, 0.25) is 0 Å². The van der Waals surface area contributed by atoms with E-state index < -0.39 is 60.0 Å². The van der Waals surface area contributed by atoms with Crippen LogP contribution in [0.1, 0.15) is 48.1 Å². The minimum atomic E-state index is -4.74. The van der Waals surface area contributed by atoms with Gasteiger partial charge in [0.2, 0.25) is 5.72 Å². The summed E-state index contributed by atoms with van der Waals surface area (Å²) < 4.78 is 179. The number of hydrogen-bond donors (Lipinski definition) is 0. The molecule has 0 heterocycles. The minimum Gasteiger partial charge on any atom is -0.490 e. The Morgan fingerprint density at radius 3 is 1.26 bits per heavy atom. The molecule has 18 heteroatoms. The smallest absolute Gasteiger partial charge is 0.490 e. The summed E-state index contributed by atoms with van der Waals surface area (Å²) in [6, 6.07) is 16.4. The third-order valence-electron chi connectivity index (χ3n) is 7.77. The molecule has 0 radical (unpaired) electrons. The topological polar surface area (TPSA) is 36.9 Å². The van der Waals surface area contributed by atoms with E-state index in [1.807, 2.05) is 0 Å². The Morgan fingerprint density at radius 2 is 0.926 bits per heavy atom. The molecule has 0 fully saturated rings. The van der Waals surface area contributed by atoms with Crippen molar-refractivity contribution in [3.05, 3.63) is 125 Å². The second-order valence-electron chi connectivity index (χ2n) is 12.3. The van der Waals surface area contributed by atoms with E-state index >= 15 is 0 Å². The predicted molar refractivity (Wildman–Crippen MR) is 174 cm³/mol. The lowest BCUT2D eigenvalue weighted by Crippen LogP contribution is -2.56. The Labute approximate surface area is 303 Å². The summed E-state index contributed by atoms with van der Waals surface area (Å²) in [6.45, 7) is 3.48. The average Bonchev–Trinajstić information content (AvgIpc) is 3.06. The highest BCUT2D eigenvalue weighted by molar-refractivity contribution is 6.39. The van der Waals surface area contributed by atoms with Gasteiger partial charge < -0.3 is 18.7 Å². The number of nitrogens with zero attached hydrogens (tertiary/aromatic N) is 1. The second kappa shape index (κ2) is 16.8. The van der Waals surface area contributed by atoms with Gasteiger partial charge in [0.1, 0.15) is 17.2 Å². The van der Waals surface area contributed by atoms with Gasteiger partial charge in [0, 0.05) is 6.42 Å². The van der Waals surface area contributed by atoms with E-state index in [9.17, 15) is 52.7 Å². The van der Waals surface area contributed by atoms with Crippen LogP contribution >= 0.6 is 0 Å². The molecule has 294 valence electrons. The number of rotatable bonds is 11. The number of benzene rings is 4.